The first-order chi connectivity index (χ1) is 29.2. The smallest absolute Gasteiger partial charge is 0.139 e. The van der Waals surface area contributed by atoms with Gasteiger partial charge in [-0.05, 0) is 187 Å². The van der Waals surface area contributed by atoms with Crippen molar-refractivity contribution in [2.24, 2.45) is 0 Å². The average Bonchev–Trinajstić information content (AvgIpc) is 3.77. The van der Waals surface area contributed by atoms with Crippen LogP contribution in [0.4, 0.5) is 34.1 Å². The Bertz CT molecular complexity index is 3300. The number of para-hydroxylation sites is 2. The molecule has 2 heterocycles. The van der Waals surface area contributed by atoms with E-state index in [-0.39, 0.29) is 0 Å². The lowest BCUT2D eigenvalue weighted by molar-refractivity contribution is 0.656. The number of furan rings is 2. The Labute approximate surface area is 349 Å². The number of hydrogen-bond donors (Lipinski definition) is 0. The monoisotopic (exact) mass is 776 g/mol. The second-order valence-electron chi connectivity index (χ2n) is 16.6. The largest absolute Gasteiger partial charge is 0.456 e. The van der Waals surface area contributed by atoms with Gasteiger partial charge in [0.15, 0.2) is 0 Å². The van der Waals surface area contributed by atoms with Gasteiger partial charge in [0.25, 0.3) is 0 Å². The van der Waals surface area contributed by atoms with E-state index in [9.17, 15) is 0 Å². The van der Waals surface area contributed by atoms with E-state index >= 15 is 0 Å². The Balaban J connectivity index is 1.01. The molecule has 0 spiro atoms. The van der Waals surface area contributed by atoms with Crippen LogP contribution in [0.25, 0.3) is 65.4 Å². The van der Waals surface area contributed by atoms with E-state index in [2.05, 4.69) is 209 Å². The first-order valence-electron chi connectivity index (χ1n) is 20.7. The molecule has 0 atom stereocenters. The van der Waals surface area contributed by atoms with Crippen molar-refractivity contribution in [3.05, 3.63) is 191 Å². The highest BCUT2D eigenvalue weighted by Crippen LogP contribution is 2.43. The van der Waals surface area contributed by atoms with E-state index in [0.29, 0.717) is 0 Å². The Morgan fingerprint density at radius 1 is 0.283 bits per heavy atom. The highest BCUT2D eigenvalue weighted by atomic mass is 16.3. The van der Waals surface area contributed by atoms with Gasteiger partial charge in [-0.3, -0.25) is 0 Å². The van der Waals surface area contributed by atoms with E-state index in [1.165, 1.54) is 44.2 Å². The molecule has 0 saturated heterocycles. The van der Waals surface area contributed by atoms with Crippen molar-refractivity contribution in [3.8, 4) is 0 Å². The Kier molecular flexibility index (Phi) is 8.15. The fraction of sp³-hybridized carbons (Fsp3) is 0.107. The second-order valence-corrected chi connectivity index (χ2v) is 16.6. The molecular weight excluding hydrogens is 733 g/mol. The predicted molar refractivity (Wildman–Crippen MR) is 254 cm³/mol. The summed E-state index contributed by atoms with van der Waals surface area (Å²) in [6.07, 6.45) is 0. The zero-order valence-corrected chi connectivity index (χ0v) is 34.7. The van der Waals surface area contributed by atoms with Crippen LogP contribution in [0.1, 0.15) is 33.4 Å². The van der Waals surface area contributed by atoms with E-state index in [4.69, 9.17) is 8.83 Å². The Morgan fingerprint density at radius 2 is 0.667 bits per heavy atom. The number of hydrogen-bond acceptors (Lipinski definition) is 4. The standard InChI is InChI=1S/C56H44N2O2/c1-33-15-19-43(23-37(33)5)57(51-13-9-7-11-35(51)3)45-21-17-39-27-47-49-31-50-48-28-40-18-22-46(58(52-14-10-8-12-36(52)4)44-20-16-34(2)38(6)24-44)26-42(40)30-54(48)60-56(50)32-55(49)59-53(47)29-41(39)25-45/h7-32H,1-6H3. The molecule has 11 rings (SSSR count). The number of rotatable bonds is 6. The number of fused-ring (bicyclic) bond motifs is 8. The molecule has 11 aromatic rings. The second kappa shape index (κ2) is 13.6. The average molecular weight is 777 g/mol. The lowest BCUT2D eigenvalue weighted by Gasteiger charge is -2.28. The van der Waals surface area contributed by atoms with Crippen LogP contribution in [0.2, 0.25) is 0 Å². The zero-order valence-electron chi connectivity index (χ0n) is 34.7. The number of anilines is 6. The van der Waals surface area contributed by atoms with Gasteiger partial charge in [-0.15, -0.1) is 0 Å². The first kappa shape index (κ1) is 35.8. The van der Waals surface area contributed by atoms with Gasteiger partial charge in [0.2, 0.25) is 0 Å². The van der Waals surface area contributed by atoms with Crippen LogP contribution in [-0.2, 0) is 0 Å². The van der Waals surface area contributed by atoms with Gasteiger partial charge in [-0.25, -0.2) is 0 Å². The highest BCUT2D eigenvalue weighted by molar-refractivity contribution is 6.18. The van der Waals surface area contributed by atoms with Crippen LogP contribution in [0.15, 0.2) is 167 Å². The van der Waals surface area contributed by atoms with Crippen molar-refractivity contribution in [1.82, 2.24) is 0 Å². The van der Waals surface area contributed by atoms with Crippen LogP contribution in [-0.4, -0.2) is 0 Å². The molecule has 0 saturated carbocycles. The van der Waals surface area contributed by atoms with E-state index in [1.807, 2.05) is 0 Å². The fourth-order valence-corrected chi connectivity index (χ4v) is 9.00. The molecule has 0 unspecified atom stereocenters. The van der Waals surface area contributed by atoms with Crippen molar-refractivity contribution >= 4 is 99.5 Å². The number of aryl methyl sites for hydroxylation is 6. The number of nitrogens with zero attached hydrogens (tertiary/aromatic N) is 2. The van der Waals surface area contributed by atoms with Crippen molar-refractivity contribution in [2.75, 3.05) is 9.80 Å². The van der Waals surface area contributed by atoms with Crippen LogP contribution < -0.4 is 9.80 Å². The van der Waals surface area contributed by atoms with Gasteiger partial charge in [-0.1, -0.05) is 60.7 Å². The van der Waals surface area contributed by atoms with Crippen LogP contribution in [0.3, 0.4) is 0 Å². The zero-order chi connectivity index (χ0) is 40.8. The summed E-state index contributed by atoms with van der Waals surface area (Å²) >= 11 is 0. The maximum atomic E-state index is 6.63. The van der Waals surface area contributed by atoms with Crippen molar-refractivity contribution in [3.63, 3.8) is 0 Å². The molecule has 0 N–H and O–H groups in total. The Morgan fingerprint density at radius 3 is 1.10 bits per heavy atom. The van der Waals surface area contributed by atoms with Crippen molar-refractivity contribution < 1.29 is 8.83 Å². The molecule has 4 heteroatoms. The molecule has 9 aromatic carbocycles. The van der Waals surface area contributed by atoms with Crippen molar-refractivity contribution in [1.29, 1.82) is 0 Å². The normalized spacial score (nSPS) is 11.8. The van der Waals surface area contributed by atoms with Gasteiger partial charge in [-0.2, -0.15) is 0 Å². The maximum absolute atomic E-state index is 6.63. The molecule has 60 heavy (non-hydrogen) atoms. The van der Waals surface area contributed by atoms with Crippen LogP contribution in [0.5, 0.6) is 0 Å². The summed E-state index contributed by atoms with van der Waals surface area (Å²) in [6.45, 7) is 13.0. The molecule has 0 aliphatic heterocycles. The van der Waals surface area contributed by atoms with Crippen LogP contribution in [0, 0.1) is 41.5 Å². The third-order valence-electron chi connectivity index (χ3n) is 12.7. The van der Waals surface area contributed by atoms with Gasteiger partial charge >= 0.3 is 0 Å². The predicted octanol–water partition coefficient (Wildman–Crippen LogP) is 16.6. The third-order valence-corrected chi connectivity index (χ3v) is 12.7. The first-order valence-corrected chi connectivity index (χ1v) is 20.7. The molecule has 0 aliphatic rings. The molecule has 2 aromatic heterocycles. The van der Waals surface area contributed by atoms with Crippen molar-refractivity contribution in [2.45, 2.75) is 41.5 Å². The summed E-state index contributed by atoms with van der Waals surface area (Å²) < 4.78 is 13.3. The molecule has 0 fully saturated rings. The van der Waals surface area contributed by atoms with Crippen LogP contribution >= 0.6 is 0 Å². The summed E-state index contributed by atoms with van der Waals surface area (Å²) in [5.74, 6) is 0. The highest BCUT2D eigenvalue weighted by Gasteiger charge is 2.20. The lowest BCUT2D eigenvalue weighted by atomic mass is 10.0. The summed E-state index contributed by atoms with van der Waals surface area (Å²) in [5.41, 5.74) is 17.7. The van der Waals surface area contributed by atoms with Gasteiger partial charge in [0.05, 0.1) is 0 Å². The molecule has 4 nitrogen and oxygen atoms in total. The minimum atomic E-state index is 0.817. The fourth-order valence-electron chi connectivity index (χ4n) is 9.00. The minimum absolute atomic E-state index is 0.817. The quantitative estimate of drug-likeness (QED) is 0.168. The SMILES string of the molecule is Cc1ccc(N(c2ccc3cc4c(cc3c2)oc2cc3oc5cc6cc(N(c7ccc(C)c(C)c7)c7ccccc7C)ccc6cc5c3cc24)c2ccccc2C)cc1C. The van der Waals surface area contributed by atoms with Gasteiger partial charge < -0.3 is 18.6 Å². The van der Waals surface area contributed by atoms with Gasteiger partial charge in [0, 0.05) is 61.7 Å². The molecule has 0 amide bonds. The summed E-state index contributed by atoms with van der Waals surface area (Å²) in [5, 5.41) is 8.94. The summed E-state index contributed by atoms with van der Waals surface area (Å²) in [6, 6.07) is 57.3. The number of benzene rings is 9. The molecule has 0 bridgehead atoms. The van der Waals surface area contributed by atoms with E-state index < -0.39 is 0 Å². The van der Waals surface area contributed by atoms with E-state index in [0.717, 1.165) is 88.8 Å². The summed E-state index contributed by atoms with van der Waals surface area (Å²) in [7, 11) is 0. The van der Waals surface area contributed by atoms with E-state index in [1.54, 1.807) is 0 Å². The molecule has 290 valence electrons. The topological polar surface area (TPSA) is 32.8 Å². The molecular formula is C56H44N2O2. The van der Waals surface area contributed by atoms with Gasteiger partial charge in [0.1, 0.15) is 22.3 Å². The molecule has 0 aliphatic carbocycles. The molecule has 0 radical (unpaired) electrons. The maximum Gasteiger partial charge on any atom is 0.139 e. The lowest BCUT2D eigenvalue weighted by Crippen LogP contribution is -2.11. The Hall–Kier alpha value is -7.30. The minimum Gasteiger partial charge on any atom is -0.456 e. The summed E-state index contributed by atoms with van der Waals surface area (Å²) in [4.78, 5) is 4.72. The third kappa shape index (κ3) is 5.82.